The number of carbonyl (C=O) groups excluding carboxylic acids is 1. The standard InChI is InChI=1S/C21H21FN4O/c1-13-8-14(2)20(15(3)9-13)26-21(27)18-11-25-19(12-23-18)24-10-16-6-4-5-7-17(16)22/h4-9,11-12H,10H2,1-3H3,(H,24,25)(H,26,27). The number of benzene rings is 2. The van der Waals surface area contributed by atoms with E-state index >= 15 is 0 Å². The van der Waals surface area contributed by atoms with Crippen LogP contribution in [0.4, 0.5) is 15.9 Å². The lowest BCUT2D eigenvalue weighted by molar-refractivity contribution is 0.102. The number of aromatic nitrogens is 2. The molecule has 27 heavy (non-hydrogen) atoms. The molecule has 0 aliphatic carbocycles. The highest BCUT2D eigenvalue weighted by Gasteiger charge is 2.12. The van der Waals surface area contributed by atoms with E-state index in [2.05, 4.69) is 20.6 Å². The van der Waals surface area contributed by atoms with E-state index in [0.717, 1.165) is 22.4 Å². The minimum atomic E-state index is -0.321. The van der Waals surface area contributed by atoms with Crippen LogP contribution in [0, 0.1) is 26.6 Å². The Kier molecular flexibility index (Phi) is 5.45. The highest BCUT2D eigenvalue weighted by molar-refractivity contribution is 6.03. The predicted molar refractivity (Wildman–Crippen MR) is 104 cm³/mol. The lowest BCUT2D eigenvalue weighted by atomic mass is 10.1. The first kappa shape index (κ1) is 18.5. The van der Waals surface area contributed by atoms with E-state index in [1.54, 1.807) is 18.2 Å². The first-order valence-electron chi connectivity index (χ1n) is 8.62. The largest absolute Gasteiger partial charge is 0.365 e. The molecule has 0 unspecified atom stereocenters. The average Bonchev–Trinajstić information content (AvgIpc) is 2.64. The van der Waals surface area contributed by atoms with Gasteiger partial charge < -0.3 is 10.6 Å². The zero-order valence-electron chi connectivity index (χ0n) is 15.5. The number of nitrogens with zero attached hydrogens (tertiary/aromatic N) is 2. The van der Waals surface area contributed by atoms with Crippen LogP contribution in [-0.2, 0) is 6.54 Å². The van der Waals surface area contributed by atoms with Crippen LogP contribution in [0.3, 0.4) is 0 Å². The van der Waals surface area contributed by atoms with Crippen molar-refractivity contribution >= 4 is 17.4 Å². The molecular formula is C21H21FN4O. The van der Waals surface area contributed by atoms with Gasteiger partial charge in [-0.2, -0.15) is 0 Å². The number of carbonyl (C=O) groups is 1. The molecule has 2 aromatic carbocycles. The van der Waals surface area contributed by atoms with Crippen LogP contribution in [0.25, 0.3) is 0 Å². The molecule has 0 saturated carbocycles. The number of nitrogens with one attached hydrogen (secondary N) is 2. The van der Waals surface area contributed by atoms with E-state index in [1.165, 1.54) is 18.5 Å². The first-order chi connectivity index (χ1) is 12.9. The second-order valence-corrected chi connectivity index (χ2v) is 6.46. The van der Waals surface area contributed by atoms with Crippen LogP contribution in [0.2, 0.25) is 0 Å². The molecule has 1 amide bonds. The zero-order valence-corrected chi connectivity index (χ0v) is 15.5. The van der Waals surface area contributed by atoms with Crippen molar-refractivity contribution in [3.05, 3.63) is 82.6 Å². The molecule has 0 aliphatic rings. The van der Waals surface area contributed by atoms with E-state index in [1.807, 2.05) is 32.9 Å². The van der Waals surface area contributed by atoms with Crippen LogP contribution in [0.15, 0.2) is 48.8 Å². The summed E-state index contributed by atoms with van der Waals surface area (Å²) < 4.78 is 13.6. The average molecular weight is 364 g/mol. The van der Waals surface area contributed by atoms with E-state index < -0.39 is 0 Å². The van der Waals surface area contributed by atoms with Gasteiger partial charge in [0.25, 0.3) is 5.91 Å². The van der Waals surface area contributed by atoms with Crippen molar-refractivity contribution < 1.29 is 9.18 Å². The monoisotopic (exact) mass is 364 g/mol. The van der Waals surface area contributed by atoms with Crippen molar-refractivity contribution in [2.45, 2.75) is 27.3 Å². The highest BCUT2D eigenvalue weighted by Crippen LogP contribution is 2.22. The van der Waals surface area contributed by atoms with Crippen LogP contribution in [0.1, 0.15) is 32.7 Å². The maximum atomic E-state index is 13.6. The normalized spacial score (nSPS) is 10.5. The van der Waals surface area contributed by atoms with Gasteiger partial charge in [-0.25, -0.2) is 14.4 Å². The highest BCUT2D eigenvalue weighted by atomic mass is 19.1. The molecule has 1 heterocycles. The summed E-state index contributed by atoms with van der Waals surface area (Å²) >= 11 is 0. The van der Waals surface area contributed by atoms with Gasteiger partial charge in [-0.3, -0.25) is 4.79 Å². The zero-order chi connectivity index (χ0) is 19.4. The fourth-order valence-corrected chi connectivity index (χ4v) is 2.92. The van der Waals surface area contributed by atoms with Gasteiger partial charge in [0.05, 0.1) is 12.4 Å². The number of amides is 1. The molecule has 0 aliphatic heterocycles. The molecule has 0 radical (unpaired) electrons. The van der Waals surface area contributed by atoms with Crippen molar-refractivity contribution in [1.29, 1.82) is 0 Å². The van der Waals surface area contributed by atoms with Crippen molar-refractivity contribution in [3.63, 3.8) is 0 Å². The molecule has 0 atom stereocenters. The summed E-state index contributed by atoms with van der Waals surface area (Å²) in [5.41, 5.74) is 4.67. The van der Waals surface area contributed by atoms with Crippen molar-refractivity contribution in [2.24, 2.45) is 0 Å². The Labute approximate surface area is 157 Å². The summed E-state index contributed by atoms with van der Waals surface area (Å²) in [6.45, 7) is 6.22. The molecule has 6 heteroatoms. The Morgan fingerprint density at radius 1 is 1.04 bits per heavy atom. The number of anilines is 2. The van der Waals surface area contributed by atoms with E-state index in [4.69, 9.17) is 0 Å². The molecule has 1 aromatic heterocycles. The van der Waals surface area contributed by atoms with Crippen molar-refractivity contribution in [3.8, 4) is 0 Å². The Morgan fingerprint density at radius 3 is 2.37 bits per heavy atom. The topological polar surface area (TPSA) is 66.9 Å². The predicted octanol–water partition coefficient (Wildman–Crippen LogP) is 4.41. The van der Waals surface area contributed by atoms with Gasteiger partial charge in [-0.05, 0) is 38.0 Å². The van der Waals surface area contributed by atoms with E-state index in [9.17, 15) is 9.18 Å². The summed E-state index contributed by atoms with van der Waals surface area (Å²) in [4.78, 5) is 20.8. The number of aryl methyl sites for hydroxylation is 3. The molecule has 0 saturated heterocycles. The Hall–Kier alpha value is -3.28. The summed E-state index contributed by atoms with van der Waals surface area (Å²) in [5, 5.41) is 5.89. The van der Waals surface area contributed by atoms with Crippen LogP contribution < -0.4 is 10.6 Å². The van der Waals surface area contributed by atoms with Crippen LogP contribution >= 0.6 is 0 Å². The fraction of sp³-hybridized carbons (Fsp3) is 0.190. The molecule has 3 aromatic rings. The SMILES string of the molecule is Cc1cc(C)c(NC(=O)c2cnc(NCc3ccccc3F)cn2)c(C)c1. The molecule has 0 fully saturated rings. The van der Waals surface area contributed by atoms with Gasteiger partial charge >= 0.3 is 0 Å². The molecule has 0 bridgehead atoms. The summed E-state index contributed by atoms with van der Waals surface area (Å²) in [6, 6.07) is 10.6. The minimum absolute atomic E-state index is 0.214. The number of hydrogen-bond acceptors (Lipinski definition) is 4. The number of rotatable bonds is 5. The van der Waals surface area contributed by atoms with Crippen molar-refractivity contribution in [2.75, 3.05) is 10.6 Å². The first-order valence-corrected chi connectivity index (χ1v) is 8.62. The fourth-order valence-electron chi connectivity index (χ4n) is 2.92. The van der Waals surface area contributed by atoms with Crippen molar-refractivity contribution in [1.82, 2.24) is 9.97 Å². The maximum Gasteiger partial charge on any atom is 0.275 e. The summed E-state index contributed by atoms with van der Waals surface area (Å²) in [7, 11) is 0. The smallest absolute Gasteiger partial charge is 0.275 e. The maximum absolute atomic E-state index is 13.6. The third-order valence-electron chi connectivity index (χ3n) is 4.22. The van der Waals surface area contributed by atoms with Gasteiger partial charge in [0.15, 0.2) is 0 Å². The third-order valence-corrected chi connectivity index (χ3v) is 4.22. The molecule has 5 nitrogen and oxygen atoms in total. The van der Waals surface area contributed by atoms with Crippen LogP contribution in [-0.4, -0.2) is 15.9 Å². The van der Waals surface area contributed by atoms with Gasteiger partial charge in [0.2, 0.25) is 0 Å². The molecule has 3 rings (SSSR count). The van der Waals surface area contributed by atoms with Gasteiger partial charge in [-0.15, -0.1) is 0 Å². The second kappa shape index (κ2) is 7.95. The lowest BCUT2D eigenvalue weighted by Gasteiger charge is -2.12. The molecule has 138 valence electrons. The third kappa shape index (κ3) is 4.47. The molecular weight excluding hydrogens is 343 g/mol. The Balaban J connectivity index is 1.66. The number of halogens is 1. The van der Waals surface area contributed by atoms with Gasteiger partial charge in [0.1, 0.15) is 17.3 Å². The van der Waals surface area contributed by atoms with Crippen LogP contribution in [0.5, 0.6) is 0 Å². The lowest BCUT2D eigenvalue weighted by Crippen LogP contribution is -2.16. The number of hydrogen-bond donors (Lipinski definition) is 2. The van der Waals surface area contributed by atoms with Gasteiger partial charge in [0, 0.05) is 17.8 Å². The quantitative estimate of drug-likeness (QED) is 0.704. The van der Waals surface area contributed by atoms with Gasteiger partial charge in [-0.1, -0.05) is 35.9 Å². The summed E-state index contributed by atoms with van der Waals surface area (Å²) in [6.07, 6.45) is 2.86. The molecule has 2 N–H and O–H groups in total. The van der Waals surface area contributed by atoms with E-state index in [0.29, 0.717) is 11.4 Å². The Morgan fingerprint density at radius 2 is 1.74 bits per heavy atom. The summed E-state index contributed by atoms with van der Waals surface area (Å²) in [5.74, 6) is -0.131. The molecule has 0 spiro atoms. The second-order valence-electron chi connectivity index (χ2n) is 6.46. The Bertz CT molecular complexity index is 947. The van der Waals surface area contributed by atoms with E-state index in [-0.39, 0.29) is 24.0 Å². The minimum Gasteiger partial charge on any atom is -0.365 e.